The number of fused-ring (bicyclic) bond motifs is 2. The first-order valence-corrected chi connectivity index (χ1v) is 6.51. The highest BCUT2D eigenvalue weighted by atomic mass is 19.1. The third kappa shape index (κ3) is 2.10. The molecule has 4 heteroatoms. The summed E-state index contributed by atoms with van der Waals surface area (Å²) in [5.41, 5.74) is 1.24. The molecule has 0 aromatic heterocycles. The number of nitrogens with zero attached hydrogens (tertiary/aromatic N) is 1. The summed E-state index contributed by atoms with van der Waals surface area (Å²) in [6.45, 7) is 3.17. The van der Waals surface area contributed by atoms with E-state index in [-0.39, 0.29) is 18.0 Å². The average Bonchev–Trinajstić information content (AvgIpc) is 2.68. The topological polar surface area (TPSA) is 32.7 Å². The molecule has 0 amide bonds. The van der Waals surface area contributed by atoms with Gasteiger partial charge in [-0.2, -0.15) is 0 Å². The van der Waals surface area contributed by atoms with Crippen molar-refractivity contribution in [1.82, 2.24) is 0 Å². The third-order valence-corrected chi connectivity index (χ3v) is 3.84. The van der Waals surface area contributed by atoms with Gasteiger partial charge in [-0.25, -0.2) is 4.39 Å². The van der Waals surface area contributed by atoms with Gasteiger partial charge in [0, 0.05) is 13.1 Å². The molecule has 3 rings (SSSR count). The third-order valence-electron chi connectivity index (χ3n) is 3.84. The van der Waals surface area contributed by atoms with Crippen LogP contribution in [-0.4, -0.2) is 30.4 Å². The van der Waals surface area contributed by atoms with Gasteiger partial charge in [0.2, 0.25) is 0 Å². The monoisotopic (exact) mass is 251 g/mol. The van der Waals surface area contributed by atoms with Gasteiger partial charge in [-0.15, -0.1) is 0 Å². The van der Waals surface area contributed by atoms with Crippen LogP contribution in [0, 0.1) is 5.82 Å². The maximum absolute atomic E-state index is 14.1. The molecule has 1 aromatic carbocycles. The minimum atomic E-state index is -0.630. The Labute approximate surface area is 106 Å². The molecule has 1 aromatic rings. The molecule has 3 nitrogen and oxygen atoms in total. The quantitative estimate of drug-likeness (QED) is 0.875. The maximum Gasteiger partial charge on any atom is 0.146 e. The Morgan fingerprint density at radius 1 is 1.33 bits per heavy atom. The molecule has 98 valence electrons. The van der Waals surface area contributed by atoms with Crippen LogP contribution in [0.2, 0.25) is 0 Å². The molecule has 2 aliphatic rings. The predicted molar refractivity (Wildman–Crippen MR) is 67.1 cm³/mol. The molecule has 0 saturated carbocycles. The average molecular weight is 251 g/mol. The number of benzene rings is 1. The maximum atomic E-state index is 14.1. The van der Waals surface area contributed by atoms with Crippen LogP contribution in [0.25, 0.3) is 0 Å². The van der Waals surface area contributed by atoms with E-state index in [1.807, 2.05) is 0 Å². The smallest absolute Gasteiger partial charge is 0.146 e. The first kappa shape index (κ1) is 11.9. The van der Waals surface area contributed by atoms with Gasteiger partial charge in [0.25, 0.3) is 0 Å². The summed E-state index contributed by atoms with van der Waals surface area (Å²) >= 11 is 0. The minimum Gasteiger partial charge on any atom is -0.389 e. The van der Waals surface area contributed by atoms with Gasteiger partial charge in [-0.05, 0) is 37.5 Å². The van der Waals surface area contributed by atoms with Gasteiger partial charge in [0.1, 0.15) is 5.82 Å². The molecule has 3 atom stereocenters. The molecule has 2 unspecified atom stereocenters. The van der Waals surface area contributed by atoms with E-state index in [0.717, 1.165) is 25.9 Å². The Morgan fingerprint density at radius 2 is 2.00 bits per heavy atom. The number of anilines is 1. The predicted octanol–water partition coefficient (Wildman–Crippen LogP) is 2.25. The molecule has 1 N–H and O–H groups in total. The Hall–Kier alpha value is -1.13. The molecule has 0 radical (unpaired) electrons. The zero-order chi connectivity index (χ0) is 12.7. The number of halogens is 1. The Kier molecular flexibility index (Phi) is 2.99. The van der Waals surface area contributed by atoms with Crippen LogP contribution in [0.1, 0.15) is 31.4 Å². The zero-order valence-corrected chi connectivity index (χ0v) is 10.5. The summed E-state index contributed by atoms with van der Waals surface area (Å²) in [7, 11) is 0. The van der Waals surface area contributed by atoms with Gasteiger partial charge in [0.05, 0.1) is 24.0 Å². The normalized spacial score (nSPS) is 28.5. The van der Waals surface area contributed by atoms with Crippen LogP contribution in [0.15, 0.2) is 18.2 Å². The number of ether oxygens (including phenoxy) is 1. The van der Waals surface area contributed by atoms with E-state index in [0.29, 0.717) is 11.3 Å². The molecule has 2 saturated heterocycles. The SMILES string of the molecule is C[C@H](O)c1ccc(N2CC3CCC(C2)O3)c(F)c1. The van der Waals surface area contributed by atoms with Crippen molar-refractivity contribution in [2.75, 3.05) is 18.0 Å². The number of aliphatic hydroxyl groups excluding tert-OH is 1. The van der Waals surface area contributed by atoms with Crippen LogP contribution < -0.4 is 4.90 Å². The lowest BCUT2D eigenvalue weighted by atomic mass is 10.1. The fourth-order valence-corrected chi connectivity index (χ4v) is 2.85. The Bertz CT molecular complexity index is 437. The molecule has 2 bridgehead atoms. The van der Waals surface area contributed by atoms with Crippen molar-refractivity contribution in [2.24, 2.45) is 0 Å². The van der Waals surface area contributed by atoms with Crippen LogP contribution in [0.4, 0.5) is 10.1 Å². The minimum absolute atomic E-state index is 0.250. The van der Waals surface area contributed by atoms with Gasteiger partial charge in [0.15, 0.2) is 0 Å². The van der Waals surface area contributed by atoms with Gasteiger partial charge in [-0.1, -0.05) is 6.07 Å². The molecular weight excluding hydrogens is 233 g/mol. The summed E-state index contributed by atoms with van der Waals surface area (Å²) in [5.74, 6) is -0.255. The summed E-state index contributed by atoms with van der Waals surface area (Å²) < 4.78 is 19.8. The second-order valence-corrected chi connectivity index (χ2v) is 5.25. The molecule has 0 spiro atoms. The Balaban J connectivity index is 1.84. The van der Waals surface area contributed by atoms with E-state index in [1.165, 1.54) is 6.07 Å². The van der Waals surface area contributed by atoms with Crippen molar-refractivity contribution in [3.05, 3.63) is 29.6 Å². The summed E-state index contributed by atoms with van der Waals surface area (Å²) in [4.78, 5) is 2.06. The standard InChI is InChI=1S/C14H18FNO2/c1-9(17)10-2-5-14(13(15)6-10)16-7-11-3-4-12(8-16)18-11/h2,5-6,9,11-12,17H,3-4,7-8H2,1H3/t9-,11?,12?/m0/s1. The van der Waals surface area contributed by atoms with Gasteiger partial charge < -0.3 is 14.7 Å². The molecular formula is C14H18FNO2. The summed E-state index contributed by atoms with van der Waals surface area (Å²) in [5, 5.41) is 9.44. The Morgan fingerprint density at radius 3 is 2.56 bits per heavy atom. The second kappa shape index (κ2) is 4.52. The van der Waals surface area contributed by atoms with E-state index >= 15 is 0 Å². The van der Waals surface area contributed by atoms with Crippen LogP contribution >= 0.6 is 0 Å². The highest BCUT2D eigenvalue weighted by molar-refractivity contribution is 5.50. The highest BCUT2D eigenvalue weighted by Gasteiger charge is 2.34. The lowest BCUT2D eigenvalue weighted by Crippen LogP contribution is -2.43. The molecule has 2 fully saturated rings. The fraction of sp³-hybridized carbons (Fsp3) is 0.571. The summed E-state index contributed by atoms with van der Waals surface area (Å²) in [6, 6.07) is 4.99. The van der Waals surface area contributed by atoms with E-state index in [2.05, 4.69) is 4.90 Å². The molecule has 2 heterocycles. The van der Waals surface area contributed by atoms with E-state index < -0.39 is 6.10 Å². The number of morpholine rings is 1. The lowest BCUT2D eigenvalue weighted by molar-refractivity contribution is 0.0303. The summed E-state index contributed by atoms with van der Waals surface area (Å²) in [6.07, 6.45) is 2.02. The van der Waals surface area contributed by atoms with Crippen LogP contribution in [0.5, 0.6) is 0 Å². The van der Waals surface area contributed by atoms with Crippen molar-refractivity contribution >= 4 is 5.69 Å². The molecule has 2 aliphatic heterocycles. The second-order valence-electron chi connectivity index (χ2n) is 5.25. The van der Waals surface area contributed by atoms with Crippen molar-refractivity contribution in [3.8, 4) is 0 Å². The van der Waals surface area contributed by atoms with Gasteiger partial charge >= 0.3 is 0 Å². The number of aliphatic hydroxyl groups is 1. The largest absolute Gasteiger partial charge is 0.389 e. The molecule has 18 heavy (non-hydrogen) atoms. The van der Waals surface area contributed by atoms with E-state index in [9.17, 15) is 9.50 Å². The molecule has 0 aliphatic carbocycles. The van der Waals surface area contributed by atoms with Crippen molar-refractivity contribution in [2.45, 2.75) is 38.1 Å². The first-order chi connectivity index (χ1) is 8.63. The zero-order valence-electron chi connectivity index (χ0n) is 10.5. The van der Waals surface area contributed by atoms with Crippen LogP contribution in [0.3, 0.4) is 0 Å². The van der Waals surface area contributed by atoms with Crippen LogP contribution in [-0.2, 0) is 4.74 Å². The number of hydrogen-bond acceptors (Lipinski definition) is 3. The van der Waals surface area contributed by atoms with Crippen molar-refractivity contribution < 1.29 is 14.2 Å². The van der Waals surface area contributed by atoms with E-state index in [4.69, 9.17) is 4.74 Å². The van der Waals surface area contributed by atoms with Gasteiger partial charge in [-0.3, -0.25) is 0 Å². The van der Waals surface area contributed by atoms with Crippen molar-refractivity contribution in [3.63, 3.8) is 0 Å². The van der Waals surface area contributed by atoms with Crippen molar-refractivity contribution in [1.29, 1.82) is 0 Å². The fourth-order valence-electron chi connectivity index (χ4n) is 2.85. The van der Waals surface area contributed by atoms with E-state index in [1.54, 1.807) is 19.1 Å². The number of rotatable bonds is 2. The first-order valence-electron chi connectivity index (χ1n) is 6.51. The lowest BCUT2D eigenvalue weighted by Gasteiger charge is -2.34. The highest BCUT2D eigenvalue weighted by Crippen LogP contribution is 2.31. The number of hydrogen-bond donors (Lipinski definition) is 1.